The Morgan fingerprint density at radius 3 is 2.88 bits per heavy atom. The van der Waals surface area contributed by atoms with Gasteiger partial charge in [0.15, 0.2) is 0 Å². The molecule has 0 saturated heterocycles. The summed E-state index contributed by atoms with van der Waals surface area (Å²) in [6.45, 7) is 6.48. The number of aryl methyl sites for hydroxylation is 1. The van der Waals surface area contributed by atoms with Crippen molar-refractivity contribution in [3.63, 3.8) is 0 Å². The summed E-state index contributed by atoms with van der Waals surface area (Å²) in [7, 11) is -0.845. The summed E-state index contributed by atoms with van der Waals surface area (Å²) < 4.78 is 13.0. The number of rotatable bonds is 4. The molecule has 6 heteroatoms. The van der Waals surface area contributed by atoms with Crippen LogP contribution in [0.1, 0.15) is 38.8 Å². The summed E-state index contributed by atoms with van der Waals surface area (Å²) in [5.41, 5.74) is 6.76. The van der Waals surface area contributed by atoms with Crippen LogP contribution in [0.5, 0.6) is 0 Å². The molecule has 1 aliphatic rings. The monoisotopic (exact) mass is 366 g/mol. The van der Waals surface area contributed by atoms with Gasteiger partial charge < -0.3 is 4.57 Å². The molecule has 5 nitrogen and oxygen atoms in total. The van der Waals surface area contributed by atoms with Crippen LogP contribution < -0.4 is 5.45 Å². The molecule has 136 valence electrons. The molecular formula is C20H27N5Si. The van der Waals surface area contributed by atoms with E-state index in [4.69, 9.17) is 6.22 Å². The third kappa shape index (κ3) is 3.14. The Hall–Kier alpha value is -2.21. The zero-order valence-electron chi connectivity index (χ0n) is 17.0. The Kier molecular flexibility index (Phi) is 4.20. The molecule has 26 heavy (non-hydrogen) atoms. The molecule has 0 N–H and O–H groups in total. The third-order valence-electron chi connectivity index (χ3n) is 5.67. The highest BCUT2D eigenvalue weighted by Gasteiger charge is 2.23. The standard InChI is InChI=1S/C20H27N5Si/c1-14-9-10-16(11-15(14)2)12-17-13-24(3)20(21-17)26(4)25-19-8-6-5-7-18(19)22-23-25/h5-8,13,16,26H,9-12H2,1-4H3/i26D. The van der Waals surface area contributed by atoms with Crippen LogP contribution in [0.2, 0.25) is 6.55 Å². The lowest BCUT2D eigenvalue weighted by molar-refractivity contribution is 0.448. The normalized spacial score (nSPS) is 21.1. The lowest BCUT2D eigenvalue weighted by Crippen LogP contribution is -2.41. The van der Waals surface area contributed by atoms with Crippen molar-refractivity contribution in [3.8, 4) is 0 Å². The highest BCUT2D eigenvalue weighted by atomic mass is 28.3. The first-order chi connectivity index (χ1) is 12.9. The van der Waals surface area contributed by atoms with Crippen LogP contribution in [0.25, 0.3) is 11.0 Å². The van der Waals surface area contributed by atoms with Gasteiger partial charge in [-0.1, -0.05) is 28.5 Å². The largest absolute Gasteiger partial charge is 0.340 e. The van der Waals surface area contributed by atoms with Crippen LogP contribution in [0, 0.1) is 5.92 Å². The Morgan fingerprint density at radius 2 is 2.08 bits per heavy atom. The molecule has 0 fully saturated rings. The number of benzene rings is 1. The zero-order valence-corrected chi connectivity index (χ0v) is 17.0. The van der Waals surface area contributed by atoms with Gasteiger partial charge in [-0.05, 0) is 64.1 Å². The molecule has 1 aromatic carbocycles. The summed E-state index contributed by atoms with van der Waals surface area (Å²) in [6, 6.07) is 7.84. The van der Waals surface area contributed by atoms with Gasteiger partial charge in [-0.25, -0.2) is 4.98 Å². The van der Waals surface area contributed by atoms with E-state index in [-0.39, 0.29) is 0 Å². The molecule has 0 bridgehead atoms. The number of imidazole rings is 1. The van der Waals surface area contributed by atoms with Gasteiger partial charge in [0, 0.05) is 14.5 Å². The number of fused-ring (bicyclic) bond motifs is 1. The number of allylic oxidation sites excluding steroid dienone is 2. The first kappa shape index (κ1) is 16.0. The average Bonchev–Trinajstić information content (AvgIpc) is 3.22. The summed E-state index contributed by atoms with van der Waals surface area (Å²) in [4.78, 5) is 4.91. The van der Waals surface area contributed by atoms with Gasteiger partial charge in [0.25, 0.3) is 0 Å². The molecule has 0 saturated carbocycles. The highest BCUT2D eigenvalue weighted by Crippen LogP contribution is 2.30. The number of para-hydroxylation sites is 1. The van der Waals surface area contributed by atoms with Crippen molar-refractivity contribution in [2.75, 3.05) is 0 Å². The Balaban J connectivity index is 1.63. The second kappa shape index (κ2) is 6.83. The van der Waals surface area contributed by atoms with Crippen molar-refractivity contribution in [2.45, 2.75) is 46.1 Å². The lowest BCUT2D eigenvalue weighted by atomic mass is 9.83. The highest BCUT2D eigenvalue weighted by molar-refractivity contribution is 6.69. The van der Waals surface area contributed by atoms with Crippen LogP contribution in [0.15, 0.2) is 41.6 Å². The second-order valence-corrected chi connectivity index (χ2v) is 9.66. The maximum absolute atomic E-state index is 9.15. The van der Waals surface area contributed by atoms with Crippen LogP contribution >= 0.6 is 0 Å². The fourth-order valence-electron chi connectivity index (χ4n) is 3.99. The molecule has 1 aliphatic carbocycles. The molecule has 2 atom stereocenters. The van der Waals surface area contributed by atoms with Gasteiger partial charge in [-0.15, -0.1) is 5.10 Å². The van der Waals surface area contributed by atoms with Crippen LogP contribution in [0.4, 0.5) is 0 Å². The Labute approximate surface area is 157 Å². The number of hydrogen-bond acceptors (Lipinski definition) is 3. The van der Waals surface area contributed by atoms with Gasteiger partial charge in [-0.2, -0.15) is 0 Å². The summed E-state index contributed by atoms with van der Waals surface area (Å²) in [6.07, 6.45) is 6.70. The van der Waals surface area contributed by atoms with Gasteiger partial charge >= 0.3 is 0 Å². The van der Waals surface area contributed by atoms with Crippen molar-refractivity contribution < 1.29 is 0 Å². The number of hydrogen-bond donors (Lipinski definition) is 0. The van der Waals surface area contributed by atoms with E-state index in [1.165, 1.54) is 24.8 Å². The van der Waals surface area contributed by atoms with Gasteiger partial charge in [0.2, 0.25) is 8.89 Å². The minimum atomic E-state index is -2.85. The molecule has 3 aromatic rings. The van der Waals surface area contributed by atoms with Crippen molar-refractivity contribution in [1.29, 1.82) is 1.23 Å². The van der Waals surface area contributed by atoms with E-state index < -0.39 is 8.89 Å². The van der Waals surface area contributed by atoms with Crippen molar-refractivity contribution >= 4 is 25.4 Å². The van der Waals surface area contributed by atoms with E-state index in [0.717, 1.165) is 28.6 Å². The van der Waals surface area contributed by atoms with E-state index >= 15 is 0 Å². The third-order valence-corrected chi connectivity index (χ3v) is 7.75. The minimum Gasteiger partial charge on any atom is -0.340 e. The number of nitrogens with zero attached hydrogens (tertiary/aromatic N) is 5. The quantitative estimate of drug-likeness (QED) is 0.527. The predicted octanol–water partition coefficient (Wildman–Crippen LogP) is 2.95. The smallest absolute Gasteiger partial charge is 0.242 e. The molecule has 2 aromatic heterocycles. The SMILES string of the molecule is [2H][Si](C)(c1nc(CC2CCC(C)=C(C)C2)cn1C)n1nnc2ccccc21. The zero-order chi connectivity index (χ0) is 19.2. The van der Waals surface area contributed by atoms with Crippen LogP contribution in [-0.4, -0.2) is 34.3 Å². The van der Waals surface area contributed by atoms with Crippen LogP contribution in [-0.2, 0) is 13.5 Å². The molecule has 2 heterocycles. The summed E-state index contributed by atoms with van der Waals surface area (Å²) in [5.74, 6) is 0.655. The average molecular weight is 367 g/mol. The van der Waals surface area contributed by atoms with Crippen LogP contribution in [0.3, 0.4) is 0 Å². The molecule has 4 rings (SSSR count). The predicted molar refractivity (Wildman–Crippen MR) is 108 cm³/mol. The topological polar surface area (TPSA) is 48.5 Å². The summed E-state index contributed by atoms with van der Waals surface area (Å²) >= 11 is 0. The first-order valence-electron chi connectivity index (χ1n) is 9.85. The maximum atomic E-state index is 9.15. The Morgan fingerprint density at radius 1 is 1.27 bits per heavy atom. The van der Waals surface area contributed by atoms with E-state index in [2.05, 4.69) is 30.4 Å². The number of aromatic nitrogens is 5. The van der Waals surface area contributed by atoms with Crippen molar-refractivity contribution in [1.82, 2.24) is 24.2 Å². The molecule has 0 spiro atoms. The maximum Gasteiger partial charge on any atom is 0.242 e. The second-order valence-electron chi connectivity index (χ2n) is 7.62. The van der Waals surface area contributed by atoms with E-state index in [0.29, 0.717) is 5.92 Å². The van der Waals surface area contributed by atoms with Gasteiger partial charge in [0.05, 0.1) is 11.2 Å². The first-order valence-corrected chi connectivity index (χ1v) is 11.3. The van der Waals surface area contributed by atoms with Crippen molar-refractivity contribution in [3.05, 3.63) is 47.3 Å². The fourth-order valence-corrected chi connectivity index (χ4v) is 5.79. The molecule has 0 radical (unpaired) electrons. The summed E-state index contributed by atoms with van der Waals surface area (Å²) in [5, 5.41) is 8.55. The van der Waals surface area contributed by atoms with Crippen molar-refractivity contribution in [2.24, 2.45) is 13.0 Å². The molecule has 0 amide bonds. The molecule has 0 aliphatic heterocycles. The van der Waals surface area contributed by atoms with Gasteiger partial charge in [-0.3, -0.25) is 4.35 Å². The fraction of sp³-hybridized carbons (Fsp3) is 0.450. The molecule has 2 unspecified atom stereocenters. The Bertz CT molecular complexity index is 1020. The van der Waals surface area contributed by atoms with E-state index in [1.807, 2.05) is 42.4 Å². The lowest BCUT2D eigenvalue weighted by Gasteiger charge is -2.23. The van der Waals surface area contributed by atoms with Gasteiger partial charge in [0.1, 0.15) is 11.0 Å². The van der Waals surface area contributed by atoms with E-state index in [1.54, 1.807) is 9.92 Å². The molecular weight excluding hydrogens is 338 g/mol. The van der Waals surface area contributed by atoms with E-state index in [9.17, 15) is 0 Å². The minimum absolute atomic E-state index is 0.655.